The Kier molecular flexibility index (Phi) is 7.35. The van der Waals surface area contributed by atoms with Crippen molar-refractivity contribution < 1.29 is 24.2 Å². The number of carboxylic acids is 1. The third-order valence-electron chi connectivity index (χ3n) is 2.07. The highest BCUT2D eigenvalue weighted by atomic mass is 16.6. The first-order chi connectivity index (χ1) is 9.15. The summed E-state index contributed by atoms with van der Waals surface area (Å²) in [4.78, 5) is 33.8. The minimum Gasteiger partial charge on any atom is -0.480 e. The summed E-state index contributed by atoms with van der Waals surface area (Å²) in [6.07, 6.45) is 1.35. The van der Waals surface area contributed by atoms with Crippen LogP contribution in [0.5, 0.6) is 0 Å². The van der Waals surface area contributed by atoms with E-state index in [-0.39, 0.29) is 19.4 Å². The highest BCUT2D eigenvalue weighted by molar-refractivity contribution is 5.83. The van der Waals surface area contributed by atoms with Crippen LogP contribution in [-0.4, -0.2) is 41.3 Å². The number of ether oxygens (including phenoxy) is 1. The highest BCUT2D eigenvalue weighted by Crippen LogP contribution is 2.10. The van der Waals surface area contributed by atoms with E-state index in [9.17, 15) is 14.4 Å². The molecule has 3 N–H and O–H groups in total. The van der Waals surface area contributed by atoms with E-state index in [1.165, 1.54) is 6.08 Å². The second-order valence-electron chi connectivity index (χ2n) is 5.16. The van der Waals surface area contributed by atoms with E-state index in [0.717, 1.165) is 0 Å². The first-order valence-electron chi connectivity index (χ1n) is 6.25. The molecule has 0 bridgehead atoms. The van der Waals surface area contributed by atoms with E-state index in [1.807, 2.05) is 0 Å². The lowest BCUT2D eigenvalue weighted by atomic mass is 10.1. The maximum Gasteiger partial charge on any atom is 0.326 e. The SMILES string of the molecule is C=CCNC(=O)N[C@H](CCC(=O)OC(C)(C)C)C(=O)O. The van der Waals surface area contributed by atoms with Crippen molar-refractivity contribution in [3.05, 3.63) is 12.7 Å². The molecule has 114 valence electrons. The lowest BCUT2D eigenvalue weighted by Crippen LogP contribution is -2.46. The largest absolute Gasteiger partial charge is 0.480 e. The molecule has 0 aliphatic carbocycles. The van der Waals surface area contributed by atoms with Crippen molar-refractivity contribution in [2.24, 2.45) is 0 Å². The van der Waals surface area contributed by atoms with Gasteiger partial charge in [-0.25, -0.2) is 9.59 Å². The number of carboxylic acid groups (broad SMARTS) is 1. The van der Waals surface area contributed by atoms with Crippen LogP contribution in [0.3, 0.4) is 0 Å². The van der Waals surface area contributed by atoms with E-state index in [1.54, 1.807) is 20.8 Å². The van der Waals surface area contributed by atoms with Gasteiger partial charge in [-0.1, -0.05) is 6.08 Å². The Morgan fingerprint density at radius 1 is 1.35 bits per heavy atom. The van der Waals surface area contributed by atoms with Gasteiger partial charge in [0.25, 0.3) is 0 Å². The molecule has 0 saturated heterocycles. The predicted molar refractivity (Wildman–Crippen MR) is 73.2 cm³/mol. The zero-order chi connectivity index (χ0) is 15.8. The number of amides is 2. The van der Waals surface area contributed by atoms with E-state index in [2.05, 4.69) is 17.2 Å². The molecule has 0 unspecified atom stereocenters. The monoisotopic (exact) mass is 286 g/mol. The number of nitrogens with one attached hydrogen (secondary N) is 2. The summed E-state index contributed by atoms with van der Waals surface area (Å²) in [5.41, 5.74) is -0.620. The molecule has 0 spiro atoms. The molecule has 0 aliphatic rings. The normalized spacial score (nSPS) is 12.2. The smallest absolute Gasteiger partial charge is 0.326 e. The minimum absolute atomic E-state index is 0.0360. The van der Waals surface area contributed by atoms with Gasteiger partial charge in [-0.2, -0.15) is 0 Å². The second kappa shape index (κ2) is 8.19. The van der Waals surface area contributed by atoms with Gasteiger partial charge >= 0.3 is 18.0 Å². The Hall–Kier alpha value is -2.05. The third kappa shape index (κ3) is 8.96. The average molecular weight is 286 g/mol. The molecule has 7 heteroatoms. The fourth-order valence-corrected chi connectivity index (χ4v) is 1.29. The van der Waals surface area contributed by atoms with Crippen LogP contribution in [-0.2, 0) is 14.3 Å². The standard InChI is InChI=1S/C13H22N2O5/c1-5-8-14-12(19)15-9(11(17)18)6-7-10(16)20-13(2,3)4/h5,9H,1,6-8H2,2-4H3,(H,17,18)(H2,14,15,19)/t9-/m1/s1. The molecule has 0 saturated carbocycles. The van der Waals surface area contributed by atoms with Crippen molar-refractivity contribution in [3.63, 3.8) is 0 Å². The Morgan fingerprint density at radius 2 is 1.95 bits per heavy atom. The average Bonchev–Trinajstić information content (AvgIpc) is 2.29. The van der Waals surface area contributed by atoms with Gasteiger partial charge in [-0.3, -0.25) is 4.79 Å². The number of carbonyl (C=O) groups excluding carboxylic acids is 2. The molecule has 0 radical (unpaired) electrons. The fourth-order valence-electron chi connectivity index (χ4n) is 1.29. The molecule has 0 fully saturated rings. The van der Waals surface area contributed by atoms with Crippen LogP contribution in [0.4, 0.5) is 4.79 Å². The quantitative estimate of drug-likeness (QED) is 0.479. The van der Waals surface area contributed by atoms with Crippen LogP contribution in [0, 0.1) is 0 Å². The lowest BCUT2D eigenvalue weighted by Gasteiger charge is -2.20. The van der Waals surface area contributed by atoms with Gasteiger partial charge in [0.05, 0.1) is 0 Å². The molecule has 7 nitrogen and oxygen atoms in total. The Morgan fingerprint density at radius 3 is 2.40 bits per heavy atom. The molecule has 0 aromatic heterocycles. The van der Waals surface area contributed by atoms with E-state index in [4.69, 9.17) is 9.84 Å². The van der Waals surface area contributed by atoms with Crippen molar-refractivity contribution in [2.75, 3.05) is 6.54 Å². The molecule has 2 amide bonds. The van der Waals surface area contributed by atoms with Crippen molar-refractivity contribution in [3.8, 4) is 0 Å². The molecule has 0 aliphatic heterocycles. The summed E-state index contributed by atoms with van der Waals surface area (Å²) in [6, 6.07) is -1.77. The van der Waals surface area contributed by atoms with Gasteiger partial charge in [-0.15, -0.1) is 6.58 Å². The molecular weight excluding hydrogens is 264 g/mol. The van der Waals surface area contributed by atoms with Crippen molar-refractivity contribution in [1.82, 2.24) is 10.6 Å². The number of urea groups is 1. The Bertz CT molecular complexity index is 373. The fraction of sp³-hybridized carbons (Fsp3) is 0.615. The molecule has 0 aromatic carbocycles. The highest BCUT2D eigenvalue weighted by Gasteiger charge is 2.23. The topological polar surface area (TPSA) is 105 Å². The summed E-state index contributed by atoms with van der Waals surface area (Å²) in [6.45, 7) is 8.82. The summed E-state index contributed by atoms with van der Waals surface area (Å²) >= 11 is 0. The van der Waals surface area contributed by atoms with Gasteiger partial charge in [0.2, 0.25) is 0 Å². The third-order valence-corrected chi connectivity index (χ3v) is 2.07. The van der Waals surface area contributed by atoms with Gasteiger partial charge < -0.3 is 20.5 Å². The van der Waals surface area contributed by atoms with Crippen LogP contribution in [0.2, 0.25) is 0 Å². The van der Waals surface area contributed by atoms with E-state index in [0.29, 0.717) is 0 Å². The molecule has 0 rings (SSSR count). The first-order valence-corrected chi connectivity index (χ1v) is 6.25. The summed E-state index contributed by atoms with van der Waals surface area (Å²) < 4.78 is 5.06. The molecule has 0 heterocycles. The number of esters is 1. The number of carbonyl (C=O) groups is 3. The van der Waals surface area contributed by atoms with Crippen molar-refractivity contribution in [2.45, 2.75) is 45.3 Å². The predicted octanol–water partition coefficient (Wildman–Crippen LogP) is 1.05. The van der Waals surface area contributed by atoms with Crippen LogP contribution >= 0.6 is 0 Å². The van der Waals surface area contributed by atoms with Crippen LogP contribution in [0.15, 0.2) is 12.7 Å². The zero-order valence-electron chi connectivity index (χ0n) is 12.1. The Balaban J connectivity index is 4.28. The second-order valence-corrected chi connectivity index (χ2v) is 5.16. The van der Waals surface area contributed by atoms with Gasteiger partial charge in [0.1, 0.15) is 11.6 Å². The van der Waals surface area contributed by atoms with Gasteiger partial charge in [-0.05, 0) is 27.2 Å². The van der Waals surface area contributed by atoms with Gasteiger partial charge in [0.15, 0.2) is 0 Å². The zero-order valence-corrected chi connectivity index (χ0v) is 12.1. The van der Waals surface area contributed by atoms with Gasteiger partial charge in [0, 0.05) is 13.0 Å². The summed E-state index contributed by atoms with van der Waals surface area (Å²) in [5.74, 6) is -1.71. The minimum atomic E-state index is -1.21. The maximum atomic E-state index is 11.5. The first kappa shape index (κ1) is 17.9. The molecule has 0 aromatic rings. The van der Waals surface area contributed by atoms with E-state index < -0.39 is 29.6 Å². The number of hydrogen-bond acceptors (Lipinski definition) is 4. The van der Waals surface area contributed by atoms with Crippen LogP contribution in [0.1, 0.15) is 33.6 Å². The molecular formula is C13H22N2O5. The van der Waals surface area contributed by atoms with E-state index >= 15 is 0 Å². The van der Waals surface area contributed by atoms with Crippen LogP contribution < -0.4 is 10.6 Å². The summed E-state index contributed by atoms with van der Waals surface area (Å²) in [7, 11) is 0. The Labute approximate surface area is 118 Å². The number of aliphatic carboxylic acids is 1. The lowest BCUT2D eigenvalue weighted by molar-refractivity contribution is -0.155. The molecule has 20 heavy (non-hydrogen) atoms. The van der Waals surface area contributed by atoms with Crippen LogP contribution in [0.25, 0.3) is 0 Å². The number of hydrogen-bond donors (Lipinski definition) is 3. The molecule has 1 atom stereocenters. The maximum absolute atomic E-state index is 11.5. The van der Waals surface area contributed by atoms with Crippen molar-refractivity contribution >= 4 is 18.0 Å². The summed E-state index contributed by atoms with van der Waals surface area (Å²) in [5, 5.41) is 13.6. The number of rotatable bonds is 7. The van der Waals surface area contributed by atoms with Crippen molar-refractivity contribution in [1.29, 1.82) is 0 Å².